The maximum Gasteiger partial charge on any atom is 0.204 e. The molecule has 0 radical (unpaired) electrons. The summed E-state index contributed by atoms with van der Waals surface area (Å²) in [6.45, 7) is 4.91. The molecule has 0 unspecified atom stereocenters. The lowest BCUT2D eigenvalue weighted by Crippen LogP contribution is -2.42. The van der Waals surface area contributed by atoms with E-state index in [0.717, 1.165) is 30.6 Å². The second-order valence-electron chi connectivity index (χ2n) is 5.85. The Morgan fingerprint density at radius 2 is 2.10 bits per heavy atom. The Hall–Kier alpha value is -1.72. The smallest absolute Gasteiger partial charge is 0.204 e. The lowest BCUT2D eigenvalue weighted by Gasteiger charge is -2.31. The van der Waals surface area contributed by atoms with Gasteiger partial charge in [-0.25, -0.2) is 9.98 Å². The number of rotatable bonds is 3. The molecule has 1 aliphatic rings. The van der Waals surface area contributed by atoms with Gasteiger partial charge in [0.05, 0.1) is 18.4 Å². The lowest BCUT2D eigenvalue weighted by atomic mass is 10.00. The van der Waals surface area contributed by atoms with Crippen LogP contribution in [0.1, 0.15) is 25.5 Å². The average molecular weight is 278 g/mol. The van der Waals surface area contributed by atoms with Crippen LogP contribution in [-0.2, 0) is 13.6 Å². The van der Waals surface area contributed by atoms with Crippen LogP contribution < -0.4 is 10.6 Å². The van der Waals surface area contributed by atoms with Crippen molar-refractivity contribution in [2.75, 3.05) is 32.1 Å². The Morgan fingerprint density at radius 3 is 2.65 bits per heavy atom. The molecule has 20 heavy (non-hydrogen) atoms. The van der Waals surface area contributed by atoms with Gasteiger partial charge in [0.1, 0.15) is 0 Å². The van der Waals surface area contributed by atoms with Gasteiger partial charge >= 0.3 is 0 Å². The van der Waals surface area contributed by atoms with E-state index >= 15 is 0 Å². The molecule has 1 aromatic heterocycles. The number of aliphatic imine (C=N–C) groups is 1. The number of anilines is 1. The standard InChI is InChI=1S/C14H26N6/c1-11-5-7-20(8-6-11)13(15)16-9-12-10-17-14(18(2)3)19(12)4/h10-11H,5-9H2,1-4H3,(H2,15,16). The normalized spacial score (nSPS) is 17.6. The van der Waals surface area contributed by atoms with E-state index in [-0.39, 0.29) is 0 Å². The molecular formula is C14H26N6. The van der Waals surface area contributed by atoms with Crippen LogP contribution in [-0.4, -0.2) is 47.6 Å². The fourth-order valence-electron chi connectivity index (χ4n) is 2.50. The van der Waals surface area contributed by atoms with Crippen molar-refractivity contribution in [2.24, 2.45) is 23.7 Å². The Labute approximate surface area is 121 Å². The Morgan fingerprint density at radius 1 is 1.45 bits per heavy atom. The van der Waals surface area contributed by atoms with Crippen LogP contribution in [0.15, 0.2) is 11.2 Å². The zero-order chi connectivity index (χ0) is 14.7. The van der Waals surface area contributed by atoms with Crippen LogP contribution in [0.2, 0.25) is 0 Å². The van der Waals surface area contributed by atoms with Crippen molar-refractivity contribution in [1.29, 1.82) is 0 Å². The molecule has 0 aromatic carbocycles. The van der Waals surface area contributed by atoms with E-state index < -0.39 is 0 Å². The topological polar surface area (TPSA) is 62.7 Å². The van der Waals surface area contributed by atoms with Crippen molar-refractivity contribution >= 4 is 11.9 Å². The number of imidazole rings is 1. The fourth-order valence-corrected chi connectivity index (χ4v) is 2.50. The molecular weight excluding hydrogens is 252 g/mol. The summed E-state index contributed by atoms with van der Waals surface area (Å²) in [4.78, 5) is 13.1. The molecule has 1 aliphatic heterocycles. The van der Waals surface area contributed by atoms with Crippen LogP contribution in [0.5, 0.6) is 0 Å². The number of piperidine rings is 1. The maximum atomic E-state index is 6.09. The number of aromatic nitrogens is 2. The minimum atomic E-state index is 0.579. The number of nitrogens with zero attached hydrogens (tertiary/aromatic N) is 5. The van der Waals surface area contributed by atoms with Crippen LogP contribution in [0.4, 0.5) is 5.95 Å². The highest BCUT2D eigenvalue weighted by molar-refractivity contribution is 5.78. The molecule has 1 aromatic rings. The molecule has 2 rings (SSSR count). The number of hydrogen-bond donors (Lipinski definition) is 1. The molecule has 0 aliphatic carbocycles. The summed E-state index contributed by atoms with van der Waals surface area (Å²) in [6, 6.07) is 0. The van der Waals surface area contributed by atoms with Gasteiger partial charge in [0.2, 0.25) is 5.95 Å². The minimum Gasteiger partial charge on any atom is -0.370 e. The van der Waals surface area contributed by atoms with E-state index in [1.54, 1.807) is 0 Å². The van der Waals surface area contributed by atoms with Crippen molar-refractivity contribution in [3.05, 3.63) is 11.9 Å². The summed E-state index contributed by atoms with van der Waals surface area (Å²) in [5.74, 6) is 2.39. The van der Waals surface area contributed by atoms with Gasteiger partial charge in [-0.2, -0.15) is 0 Å². The third-order valence-corrected chi connectivity index (χ3v) is 3.97. The molecule has 0 saturated carbocycles. The number of likely N-dealkylation sites (tertiary alicyclic amines) is 1. The average Bonchev–Trinajstić information content (AvgIpc) is 2.78. The van der Waals surface area contributed by atoms with Gasteiger partial charge in [-0.1, -0.05) is 6.92 Å². The zero-order valence-corrected chi connectivity index (χ0v) is 13.0. The molecule has 6 nitrogen and oxygen atoms in total. The second kappa shape index (κ2) is 6.15. The van der Waals surface area contributed by atoms with Crippen molar-refractivity contribution < 1.29 is 0 Å². The van der Waals surface area contributed by atoms with Gasteiger partial charge in [-0.05, 0) is 18.8 Å². The second-order valence-corrected chi connectivity index (χ2v) is 5.85. The summed E-state index contributed by atoms with van der Waals surface area (Å²) < 4.78 is 2.05. The van der Waals surface area contributed by atoms with Gasteiger partial charge < -0.3 is 20.1 Å². The quantitative estimate of drug-likeness (QED) is 0.663. The van der Waals surface area contributed by atoms with Crippen molar-refractivity contribution in [3.63, 3.8) is 0 Å². The van der Waals surface area contributed by atoms with Gasteiger partial charge in [0, 0.05) is 34.2 Å². The van der Waals surface area contributed by atoms with Crippen molar-refractivity contribution in [1.82, 2.24) is 14.5 Å². The molecule has 2 N–H and O–H groups in total. The molecule has 1 saturated heterocycles. The van der Waals surface area contributed by atoms with Crippen LogP contribution >= 0.6 is 0 Å². The van der Waals surface area contributed by atoms with Crippen LogP contribution in [0.3, 0.4) is 0 Å². The molecule has 2 heterocycles. The number of guanidine groups is 1. The molecule has 1 fully saturated rings. The summed E-state index contributed by atoms with van der Waals surface area (Å²) in [5.41, 5.74) is 7.17. The van der Waals surface area contributed by atoms with Gasteiger partial charge in [-0.3, -0.25) is 0 Å². The van der Waals surface area contributed by atoms with Crippen LogP contribution in [0.25, 0.3) is 0 Å². The summed E-state index contributed by atoms with van der Waals surface area (Å²) in [5, 5.41) is 0. The number of hydrogen-bond acceptors (Lipinski definition) is 3. The SMILES string of the molecule is CC1CCN(C(N)=NCc2cnc(N(C)C)n2C)CC1. The summed E-state index contributed by atoms with van der Waals surface area (Å²) in [7, 11) is 5.98. The molecule has 6 heteroatoms. The van der Waals surface area contributed by atoms with Gasteiger partial charge in [0.15, 0.2) is 5.96 Å². The van der Waals surface area contributed by atoms with Gasteiger partial charge in [0.25, 0.3) is 0 Å². The summed E-state index contributed by atoms with van der Waals surface area (Å²) in [6.07, 6.45) is 4.27. The van der Waals surface area contributed by atoms with Gasteiger partial charge in [-0.15, -0.1) is 0 Å². The Balaban J connectivity index is 1.98. The van der Waals surface area contributed by atoms with E-state index in [4.69, 9.17) is 5.73 Å². The first-order valence-corrected chi connectivity index (χ1v) is 7.21. The molecule has 0 spiro atoms. The van der Waals surface area contributed by atoms with Crippen molar-refractivity contribution in [3.8, 4) is 0 Å². The monoisotopic (exact) mass is 278 g/mol. The van der Waals surface area contributed by atoms with E-state index in [1.165, 1.54) is 12.8 Å². The largest absolute Gasteiger partial charge is 0.370 e. The first kappa shape index (κ1) is 14.7. The Bertz CT molecular complexity index is 468. The third kappa shape index (κ3) is 3.23. The molecule has 0 atom stereocenters. The first-order valence-electron chi connectivity index (χ1n) is 7.21. The number of nitrogens with two attached hydrogens (primary N) is 1. The van der Waals surface area contributed by atoms with Crippen LogP contribution in [0, 0.1) is 5.92 Å². The highest BCUT2D eigenvalue weighted by Crippen LogP contribution is 2.16. The fraction of sp³-hybridized carbons (Fsp3) is 0.714. The van der Waals surface area contributed by atoms with E-state index in [9.17, 15) is 0 Å². The molecule has 112 valence electrons. The highest BCUT2D eigenvalue weighted by Gasteiger charge is 2.17. The first-order chi connectivity index (χ1) is 9.49. The third-order valence-electron chi connectivity index (χ3n) is 3.97. The van der Waals surface area contributed by atoms with Crippen molar-refractivity contribution in [2.45, 2.75) is 26.3 Å². The molecule has 0 bridgehead atoms. The predicted octanol–water partition coefficient (Wildman–Crippen LogP) is 1.03. The summed E-state index contributed by atoms with van der Waals surface area (Å²) >= 11 is 0. The highest BCUT2D eigenvalue weighted by atomic mass is 15.3. The maximum absolute atomic E-state index is 6.09. The lowest BCUT2D eigenvalue weighted by molar-refractivity contribution is 0.277. The predicted molar refractivity (Wildman–Crippen MR) is 82.8 cm³/mol. The van der Waals surface area contributed by atoms with E-state index in [0.29, 0.717) is 12.5 Å². The van der Waals surface area contributed by atoms with E-state index in [1.807, 2.05) is 32.2 Å². The minimum absolute atomic E-state index is 0.579. The Kier molecular flexibility index (Phi) is 4.52. The van der Waals surface area contributed by atoms with E-state index in [2.05, 4.69) is 26.4 Å². The molecule has 0 amide bonds. The zero-order valence-electron chi connectivity index (χ0n) is 13.0.